The zero-order valence-electron chi connectivity index (χ0n) is 15.4. The number of anilines is 1. The molecule has 0 aliphatic heterocycles. The van der Waals surface area contributed by atoms with Crippen LogP contribution in [0.15, 0.2) is 30.3 Å². The van der Waals surface area contributed by atoms with Crippen LogP contribution in [0.1, 0.15) is 51.4 Å². The van der Waals surface area contributed by atoms with Gasteiger partial charge in [-0.15, -0.1) is 0 Å². The lowest BCUT2D eigenvalue weighted by molar-refractivity contribution is -0.122. The van der Waals surface area contributed by atoms with E-state index in [0.717, 1.165) is 42.8 Å². The molecule has 0 radical (unpaired) electrons. The average Bonchev–Trinajstić information content (AvgIpc) is 3.31. The minimum atomic E-state index is -0.790. The monoisotopic (exact) mass is 401 g/mol. The van der Waals surface area contributed by atoms with E-state index in [0.29, 0.717) is 0 Å². The van der Waals surface area contributed by atoms with E-state index in [9.17, 15) is 14.4 Å². The highest BCUT2D eigenvalue weighted by atomic mass is 32.1. The SMILES string of the molecule is NC(=O)c1nsc(C(=O)N(CC(=O)NC2CCCC2)Cc2ccccc2)c1N. The molecule has 0 saturated heterocycles. The second-order valence-corrected chi connectivity index (χ2v) is 7.61. The zero-order valence-corrected chi connectivity index (χ0v) is 16.2. The van der Waals surface area contributed by atoms with Crippen LogP contribution >= 0.6 is 11.5 Å². The smallest absolute Gasteiger partial charge is 0.270 e. The van der Waals surface area contributed by atoms with Gasteiger partial charge in [0, 0.05) is 12.6 Å². The van der Waals surface area contributed by atoms with Gasteiger partial charge in [-0.1, -0.05) is 43.2 Å². The van der Waals surface area contributed by atoms with Crippen molar-refractivity contribution in [2.45, 2.75) is 38.3 Å². The summed E-state index contributed by atoms with van der Waals surface area (Å²) < 4.78 is 3.88. The van der Waals surface area contributed by atoms with Gasteiger partial charge >= 0.3 is 0 Å². The summed E-state index contributed by atoms with van der Waals surface area (Å²) in [6.07, 6.45) is 4.13. The highest BCUT2D eigenvalue weighted by Gasteiger charge is 2.27. The number of hydrogen-bond donors (Lipinski definition) is 3. The lowest BCUT2D eigenvalue weighted by Gasteiger charge is -2.23. The Labute approximate surface area is 167 Å². The number of carbonyl (C=O) groups is 3. The van der Waals surface area contributed by atoms with Gasteiger partial charge in [-0.05, 0) is 29.9 Å². The van der Waals surface area contributed by atoms with Gasteiger partial charge < -0.3 is 21.7 Å². The first-order chi connectivity index (χ1) is 13.5. The van der Waals surface area contributed by atoms with E-state index >= 15 is 0 Å². The Hall–Kier alpha value is -2.94. The second-order valence-electron chi connectivity index (χ2n) is 6.83. The van der Waals surface area contributed by atoms with Crippen molar-refractivity contribution in [3.8, 4) is 0 Å². The number of benzene rings is 1. The van der Waals surface area contributed by atoms with Crippen LogP contribution < -0.4 is 16.8 Å². The number of nitrogen functional groups attached to an aromatic ring is 1. The first kappa shape index (κ1) is 19.8. The van der Waals surface area contributed by atoms with Gasteiger partial charge in [0.25, 0.3) is 11.8 Å². The van der Waals surface area contributed by atoms with Gasteiger partial charge in [0.05, 0.1) is 5.69 Å². The summed E-state index contributed by atoms with van der Waals surface area (Å²) in [7, 11) is 0. The van der Waals surface area contributed by atoms with Crippen molar-refractivity contribution < 1.29 is 14.4 Å². The lowest BCUT2D eigenvalue weighted by Crippen LogP contribution is -2.43. The molecule has 1 heterocycles. The molecule has 0 atom stereocenters. The number of nitrogens with zero attached hydrogens (tertiary/aromatic N) is 2. The highest BCUT2D eigenvalue weighted by Crippen LogP contribution is 2.24. The molecular formula is C19H23N5O3S. The van der Waals surface area contributed by atoms with Crippen LogP contribution in [-0.4, -0.2) is 39.6 Å². The number of nitrogens with one attached hydrogen (secondary N) is 1. The van der Waals surface area contributed by atoms with Gasteiger partial charge in [-0.2, -0.15) is 4.37 Å². The number of nitrogens with two attached hydrogens (primary N) is 2. The van der Waals surface area contributed by atoms with Crippen molar-refractivity contribution in [1.82, 2.24) is 14.6 Å². The molecule has 0 unspecified atom stereocenters. The van der Waals surface area contributed by atoms with Crippen LogP contribution in [0.2, 0.25) is 0 Å². The summed E-state index contributed by atoms with van der Waals surface area (Å²) in [6.45, 7) is 0.133. The van der Waals surface area contributed by atoms with E-state index < -0.39 is 11.8 Å². The van der Waals surface area contributed by atoms with Crippen molar-refractivity contribution in [3.63, 3.8) is 0 Å². The van der Waals surface area contributed by atoms with E-state index in [2.05, 4.69) is 9.69 Å². The predicted octanol–water partition coefficient (Wildman–Crippen LogP) is 1.53. The molecule has 1 saturated carbocycles. The third-order valence-electron chi connectivity index (χ3n) is 4.71. The molecule has 8 nitrogen and oxygen atoms in total. The van der Waals surface area contributed by atoms with E-state index in [1.165, 1.54) is 4.90 Å². The van der Waals surface area contributed by atoms with Gasteiger partial charge in [0.15, 0.2) is 5.69 Å². The van der Waals surface area contributed by atoms with Gasteiger partial charge in [-0.25, -0.2) is 0 Å². The molecule has 1 aromatic heterocycles. The van der Waals surface area contributed by atoms with Crippen molar-refractivity contribution in [2.75, 3.05) is 12.3 Å². The largest absolute Gasteiger partial charge is 0.395 e. The predicted molar refractivity (Wildman–Crippen MR) is 107 cm³/mol. The summed E-state index contributed by atoms with van der Waals surface area (Å²) in [6, 6.07) is 9.52. The van der Waals surface area contributed by atoms with Gasteiger partial charge in [0.1, 0.15) is 11.4 Å². The van der Waals surface area contributed by atoms with E-state index in [4.69, 9.17) is 11.5 Å². The van der Waals surface area contributed by atoms with Crippen LogP contribution in [0.25, 0.3) is 0 Å². The van der Waals surface area contributed by atoms with Crippen molar-refractivity contribution in [3.05, 3.63) is 46.5 Å². The molecule has 1 aliphatic carbocycles. The quantitative estimate of drug-likeness (QED) is 0.647. The summed E-state index contributed by atoms with van der Waals surface area (Å²) in [5.41, 5.74) is 11.8. The number of aromatic nitrogens is 1. The van der Waals surface area contributed by atoms with Crippen LogP contribution in [0.3, 0.4) is 0 Å². The molecule has 3 amide bonds. The number of rotatable bonds is 7. The minimum Gasteiger partial charge on any atom is -0.395 e. The zero-order chi connectivity index (χ0) is 20.1. The van der Waals surface area contributed by atoms with Gasteiger partial charge in [0.2, 0.25) is 5.91 Å². The molecule has 0 spiro atoms. The number of carbonyl (C=O) groups excluding carboxylic acids is 3. The molecule has 1 aliphatic rings. The maximum absolute atomic E-state index is 13.1. The standard InChI is InChI=1S/C19H23N5O3S/c20-15-16(18(21)26)23-28-17(15)19(27)24(10-12-6-2-1-3-7-12)11-14(25)22-13-8-4-5-9-13/h1-3,6-7,13H,4-5,8-11,20H2,(H2,21,26)(H,22,25). The molecule has 148 valence electrons. The number of amides is 3. The Morgan fingerprint density at radius 3 is 2.46 bits per heavy atom. The third-order valence-corrected chi connectivity index (χ3v) is 5.56. The maximum Gasteiger partial charge on any atom is 0.270 e. The van der Waals surface area contributed by atoms with Gasteiger partial charge in [-0.3, -0.25) is 14.4 Å². The first-order valence-corrected chi connectivity index (χ1v) is 9.90. The lowest BCUT2D eigenvalue weighted by atomic mass is 10.2. The molecule has 2 aromatic rings. The molecule has 3 rings (SSSR count). The second kappa shape index (κ2) is 8.83. The van der Waals surface area contributed by atoms with Crippen molar-refractivity contribution in [2.24, 2.45) is 5.73 Å². The minimum absolute atomic E-state index is 0.0447. The van der Waals surface area contributed by atoms with Crippen LogP contribution in [0, 0.1) is 0 Å². The summed E-state index contributed by atoms with van der Waals surface area (Å²) >= 11 is 0.813. The highest BCUT2D eigenvalue weighted by molar-refractivity contribution is 7.09. The Balaban J connectivity index is 1.79. The third kappa shape index (κ3) is 4.66. The fraction of sp³-hybridized carbons (Fsp3) is 0.368. The molecule has 0 bridgehead atoms. The Bertz CT molecular complexity index is 862. The first-order valence-electron chi connectivity index (χ1n) is 9.13. The Morgan fingerprint density at radius 2 is 1.86 bits per heavy atom. The van der Waals surface area contributed by atoms with Crippen LogP contribution in [0.4, 0.5) is 5.69 Å². The summed E-state index contributed by atoms with van der Waals surface area (Å²) in [5.74, 6) is -1.45. The molecule has 5 N–H and O–H groups in total. The molecule has 9 heteroatoms. The van der Waals surface area contributed by atoms with Crippen molar-refractivity contribution >= 4 is 34.9 Å². The number of hydrogen-bond acceptors (Lipinski definition) is 6. The molecular weight excluding hydrogens is 378 g/mol. The topological polar surface area (TPSA) is 131 Å². The Morgan fingerprint density at radius 1 is 1.18 bits per heavy atom. The van der Waals surface area contributed by atoms with Crippen LogP contribution in [-0.2, 0) is 11.3 Å². The van der Waals surface area contributed by atoms with E-state index in [-0.39, 0.29) is 41.3 Å². The van der Waals surface area contributed by atoms with E-state index in [1.807, 2.05) is 30.3 Å². The maximum atomic E-state index is 13.1. The van der Waals surface area contributed by atoms with Crippen LogP contribution in [0.5, 0.6) is 0 Å². The summed E-state index contributed by atoms with van der Waals surface area (Å²) in [5, 5.41) is 2.99. The normalized spacial score (nSPS) is 14.0. The summed E-state index contributed by atoms with van der Waals surface area (Å²) in [4.78, 5) is 38.5. The van der Waals surface area contributed by atoms with E-state index in [1.54, 1.807) is 0 Å². The molecule has 1 aromatic carbocycles. The fourth-order valence-corrected chi connectivity index (χ4v) is 4.07. The number of primary amides is 1. The molecule has 28 heavy (non-hydrogen) atoms. The molecule has 1 fully saturated rings. The van der Waals surface area contributed by atoms with Crippen molar-refractivity contribution in [1.29, 1.82) is 0 Å². The average molecular weight is 401 g/mol. The Kier molecular flexibility index (Phi) is 6.25. The fourth-order valence-electron chi connectivity index (χ4n) is 3.29.